The standard InChI is InChI=1S/C12H26N2O/c1-10(11(2)13)8-14(3)9-12-4-6-15-7-5-12/h10-12H,4-9,13H2,1-3H3. The molecule has 2 unspecified atom stereocenters. The van der Waals surface area contributed by atoms with Crippen LogP contribution in [0.15, 0.2) is 0 Å². The largest absolute Gasteiger partial charge is 0.381 e. The number of hydrogen-bond donors (Lipinski definition) is 1. The molecule has 1 saturated heterocycles. The first kappa shape index (κ1) is 12.9. The minimum Gasteiger partial charge on any atom is -0.381 e. The molecule has 15 heavy (non-hydrogen) atoms. The maximum absolute atomic E-state index is 5.87. The van der Waals surface area contributed by atoms with Gasteiger partial charge in [-0.05, 0) is 38.6 Å². The molecule has 90 valence electrons. The molecule has 0 saturated carbocycles. The lowest BCUT2D eigenvalue weighted by Crippen LogP contribution is -2.37. The van der Waals surface area contributed by atoms with Crippen LogP contribution in [0.3, 0.4) is 0 Å². The summed E-state index contributed by atoms with van der Waals surface area (Å²) in [5.74, 6) is 1.40. The van der Waals surface area contributed by atoms with Crippen molar-refractivity contribution in [2.24, 2.45) is 17.6 Å². The smallest absolute Gasteiger partial charge is 0.0469 e. The van der Waals surface area contributed by atoms with Gasteiger partial charge in [0, 0.05) is 32.3 Å². The van der Waals surface area contributed by atoms with Gasteiger partial charge in [-0.3, -0.25) is 0 Å². The van der Waals surface area contributed by atoms with E-state index in [0.717, 1.165) is 25.7 Å². The zero-order chi connectivity index (χ0) is 11.3. The number of ether oxygens (including phenoxy) is 1. The zero-order valence-electron chi connectivity index (χ0n) is 10.4. The van der Waals surface area contributed by atoms with E-state index < -0.39 is 0 Å². The lowest BCUT2D eigenvalue weighted by Gasteiger charge is -2.29. The summed E-state index contributed by atoms with van der Waals surface area (Å²) >= 11 is 0. The zero-order valence-corrected chi connectivity index (χ0v) is 10.4. The lowest BCUT2D eigenvalue weighted by atomic mass is 9.98. The van der Waals surface area contributed by atoms with E-state index in [4.69, 9.17) is 10.5 Å². The maximum Gasteiger partial charge on any atom is 0.0469 e. The fraction of sp³-hybridized carbons (Fsp3) is 1.00. The highest BCUT2D eigenvalue weighted by Crippen LogP contribution is 2.16. The molecule has 1 fully saturated rings. The lowest BCUT2D eigenvalue weighted by molar-refractivity contribution is 0.0539. The summed E-state index contributed by atoms with van der Waals surface area (Å²) in [5.41, 5.74) is 5.87. The number of hydrogen-bond acceptors (Lipinski definition) is 3. The van der Waals surface area contributed by atoms with Crippen LogP contribution in [0.2, 0.25) is 0 Å². The SMILES string of the molecule is CC(N)C(C)CN(C)CC1CCOCC1. The Bertz CT molecular complexity index is 167. The minimum atomic E-state index is 0.294. The molecule has 2 N–H and O–H groups in total. The van der Waals surface area contributed by atoms with Crippen molar-refractivity contribution in [1.29, 1.82) is 0 Å². The Labute approximate surface area is 94.0 Å². The Kier molecular flexibility index (Phi) is 5.58. The van der Waals surface area contributed by atoms with Crippen LogP contribution in [-0.4, -0.2) is 44.3 Å². The first-order valence-corrected chi connectivity index (χ1v) is 6.11. The van der Waals surface area contributed by atoms with Crippen molar-refractivity contribution in [3.63, 3.8) is 0 Å². The van der Waals surface area contributed by atoms with Crippen LogP contribution in [0, 0.1) is 11.8 Å². The van der Waals surface area contributed by atoms with E-state index in [1.54, 1.807) is 0 Å². The van der Waals surface area contributed by atoms with E-state index in [1.165, 1.54) is 19.4 Å². The summed E-state index contributed by atoms with van der Waals surface area (Å²) in [4.78, 5) is 2.42. The van der Waals surface area contributed by atoms with Gasteiger partial charge in [-0.1, -0.05) is 6.92 Å². The van der Waals surface area contributed by atoms with Crippen LogP contribution >= 0.6 is 0 Å². The Balaban J connectivity index is 2.19. The molecule has 1 aliphatic rings. The highest BCUT2D eigenvalue weighted by atomic mass is 16.5. The molecule has 2 atom stereocenters. The molecule has 0 aromatic carbocycles. The Morgan fingerprint density at radius 1 is 1.33 bits per heavy atom. The van der Waals surface area contributed by atoms with Gasteiger partial charge < -0.3 is 15.4 Å². The molecule has 0 bridgehead atoms. The highest BCUT2D eigenvalue weighted by molar-refractivity contribution is 4.71. The van der Waals surface area contributed by atoms with Crippen molar-refractivity contribution < 1.29 is 4.74 Å². The highest BCUT2D eigenvalue weighted by Gasteiger charge is 2.17. The van der Waals surface area contributed by atoms with E-state index >= 15 is 0 Å². The second-order valence-corrected chi connectivity index (χ2v) is 5.11. The average molecular weight is 214 g/mol. The van der Waals surface area contributed by atoms with Gasteiger partial charge in [-0.15, -0.1) is 0 Å². The molecule has 1 aliphatic heterocycles. The first-order chi connectivity index (χ1) is 7.09. The molecule has 3 nitrogen and oxygen atoms in total. The fourth-order valence-corrected chi connectivity index (χ4v) is 2.10. The summed E-state index contributed by atoms with van der Waals surface area (Å²) in [5, 5.41) is 0. The van der Waals surface area contributed by atoms with Crippen molar-refractivity contribution in [3.8, 4) is 0 Å². The van der Waals surface area contributed by atoms with Crippen LogP contribution < -0.4 is 5.73 Å². The molecule has 0 aliphatic carbocycles. The Morgan fingerprint density at radius 2 is 1.93 bits per heavy atom. The van der Waals surface area contributed by atoms with Gasteiger partial charge in [-0.2, -0.15) is 0 Å². The predicted octanol–water partition coefficient (Wildman–Crippen LogP) is 1.33. The summed E-state index contributed by atoms with van der Waals surface area (Å²) in [6, 6.07) is 0.294. The molecule has 0 aromatic heterocycles. The van der Waals surface area contributed by atoms with E-state index in [0.29, 0.717) is 12.0 Å². The van der Waals surface area contributed by atoms with Gasteiger partial charge in [-0.25, -0.2) is 0 Å². The third-order valence-corrected chi connectivity index (χ3v) is 3.41. The predicted molar refractivity (Wildman–Crippen MR) is 63.9 cm³/mol. The van der Waals surface area contributed by atoms with E-state index in [1.807, 2.05) is 0 Å². The topological polar surface area (TPSA) is 38.5 Å². The van der Waals surface area contributed by atoms with Gasteiger partial charge in [0.15, 0.2) is 0 Å². The summed E-state index contributed by atoms with van der Waals surface area (Å²) in [6.07, 6.45) is 2.44. The summed E-state index contributed by atoms with van der Waals surface area (Å²) in [6.45, 7) is 8.51. The monoisotopic (exact) mass is 214 g/mol. The number of rotatable bonds is 5. The average Bonchev–Trinajstić information content (AvgIpc) is 2.18. The molecular weight excluding hydrogens is 188 g/mol. The third kappa shape index (κ3) is 4.96. The van der Waals surface area contributed by atoms with Gasteiger partial charge in [0.2, 0.25) is 0 Å². The van der Waals surface area contributed by atoms with Gasteiger partial charge in [0.25, 0.3) is 0 Å². The van der Waals surface area contributed by atoms with Crippen molar-refractivity contribution in [3.05, 3.63) is 0 Å². The normalized spacial score (nSPS) is 23.0. The first-order valence-electron chi connectivity index (χ1n) is 6.11. The molecule has 1 heterocycles. The van der Waals surface area contributed by atoms with E-state index in [2.05, 4.69) is 25.8 Å². The molecule has 3 heteroatoms. The number of nitrogens with two attached hydrogens (primary N) is 1. The van der Waals surface area contributed by atoms with Crippen molar-refractivity contribution in [2.75, 3.05) is 33.4 Å². The van der Waals surface area contributed by atoms with Gasteiger partial charge in [0.05, 0.1) is 0 Å². The van der Waals surface area contributed by atoms with Crippen LogP contribution in [0.25, 0.3) is 0 Å². The van der Waals surface area contributed by atoms with Gasteiger partial charge >= 0.3 is 0 Å². The quantitative estimate of drug-likeness (QED) is 0.750. The summed E-state index contributed by atoms with van der Waals surface area (Å²) in [7, 11) is 2.20. The van der Waals surface area contributed by atoms with Crippen molar-refractivity contribution in [1.82, 2.24) is 4.90 Å². The molecule has 0 aromatic rings. The second kappa shape index (κ2) is 6.46. The molecular formula is C12H26N2O. The molecule has 0 spiro atoms. The van der Waals surface area contributed by atoms with Crippen molar-refractivity contribution >= 4 is 0 Å². The van der Waals surface area contributed by atoms with Gasteiger partial charge in [0.1, 0.15) is 0 Å². The Morgan fingerprint density at radius 3 is 2.47 bits per heavy atom. The van der Waals surface area contributed by atoms with Crippen LogP contribution in [-0.2, 0) is 4.74 Å². The Hall–Kier alpha value is -0.120. The maximum atomic E-state index is 5.87. The third-order valence-electron chi connectivity index (χ3n) is 3.41. The second-order valence-electron chi connectivity index (χ2n) is 5.11. The molecule has 1 rings (SSSR count). The van der Waals surface area contributed by atoms with E-state index in [-0.39, 0.29) is 0 Å². The van der Waals surface area contributed by atoms with Crippen LogP contribution in [0.4, 0.5) is 0 Å². The minimum absolute atomic E-state index is 0.294. The summed E-state index contributed by atoms with van der Waals surface area (Å²) < 4.78 is 5.36. The van der Waals surface area contributed by atoms with Crippen LogP contribution in [0.1, 0.15) is 26.7 Å². The van der Waals surface area contributed by atoms with Crippen molar-refractivity contribution in [2.45, 2.75) is 32.7 Å². The molecule has 0 amide bonds. The van der Waals surface area contributed by atoms with E-state index in [9.17, 15) is 0 Å². The van der Waals surface area contributed by atoms with Crippen LogP contribution in [0.5, 0.6) is 0 Å². The molecule has 0 radical (unpaired) electrons. The fourth-order valence-electron chi connectivity index (χ4n) is 2.10. The number of nitrogens with zero attached hydrogens (tertiary/aromatic N) is 1.